The minimum atomic E-state index is -0.503. The number of pyridine rings is 1. The molecule has 5 heteroatoms. The summed E-state index contributed by atoms with van der Waals surface area (Å²) in [5, 5.41) is 14.6. The molecular formula is C20H27ClN2O2. The predicted molar refractivity (Wildman–Crippen MR) is 103 cm³/mol. The first kappa shape index (κ1) is 18.3. The summed E-state index contributed by atoms with van der Waals surface area (Å²) in [5.41, 5.74) is 3.46. The maximum absolute atomic E-state index is 10.5. The molecule has 1 aliphatic carbocycles. The van der Waals surface area contributed by atoms with Gasteiger partial charge in [0.05, 0.1) is 22.7 Å². The minimum absolute atomic E-state index is 0.503. The van der Waals surface area contributed by atoms with Crippen molar-refractivity contribution < 1.29 is 9.84 Å². The first-order valence-electron chi connectivity index (χ1n) is 8.97. The van der Waals surface area contributed by atoms with Crippen LogP contribution < -0.4 is 5.32 Å². The van der Waals surface area contributed by atoms with Crippen LogP contribution in [0.3, 0.4) is 0 Å². The molecule has 0 aromatic carbocycles. The molecule has 0 amide bonds. The molecule has 0 bridgehead atoms. The summed E-state index contributed by atoms with van der Waals surface area (Å²) in [5.74, 6) is 0. The van der Waals surface area contributed by atoms with Crippen molar-refractivity contribution in [1.29, 1.82) is 0 Å². The second kappa shape index (κ2) is 7.81. The third-order valence-corrected chi connectivity index (χ3v) is 5.48. The van der Waals surface area contributed by atoms with E-state index in [1.165, 1.54) is 0 Å². The van der Waals surface area contributed by atoms with Gasteiger partial charge in [-0.25, -0.2) is 0 Å². The van der Waals surface area contributed by atoms with E-state index in [-0.39, 0.29) is 0 Å². The van der Waals surface area contributed by atoms with Gasteiger partial charge in [0.2, 0.25) is 0 Å². The molecular weight excluding hydrogens is 336 g/mol. The Kier molecular flexibility index (Phi) is 5.72. The van der Waals surface area contributed by atoms with E-state index in [0.717, 1.165) is 61.0 Å². The summed E-state index contributed by atoms with van der Waals surface area (Å²) in [6.45, 7) is 5.57. The molecule has 0 unspecified atom stereocenters. The highest BCUT2D eigenvalue weighted by molar-refractivity contribution is 6.34. The van der Waals surface area contributed by atoms with Gasteiger partial charge in [-0.05, 0) is 37.5 Å². The van der Waals surface area contributed by atoms with Crippen molar-refractivity contribution >= 4 is 22.8 Å². The monoisotopic (exact) mass is 362 g/mol. The molecule has 2 N–H and O–H groups in total. The quantitative estimate of drug-likeness (QED) is 0.745. The van der Waals surface area contributed by atoms with Crippen molar-refractivity contribution in [1.82, 2.24) is 9.72 Å². The first-order valence-corrected chi connectivity index (χ1v) is 9.35. The zero-order valence-corrected chi connectivity index (χ0v) is 15.6. The van der Waals surface area contributed by atoms with Gasteiger partial charge in [-0.1, -0.05) is 31.0 Å². The van der Waals surface area contributed by atoms with Crippen molar-refractivity contribution in [2.45, 2.75) is 44.1 Å². The van der Waals surface area contributed by atoms with Crippen molar-refractivity contribution in [3.05, 3.63) is 47.3 Å². The zero-order valence-electron chi connectivity index (χ0n) is 14.9. The van der Waals surface area contributed by atoms with E-state index in [1.807, 2.05) is 18.3 Å². The molecule has 3 rings (SSSR count). The van der Waals surface area contributed by atoms with Crippen molar-refractivity contribution in [2.75, 3.05) is 20.3 Å². The molecule has 1 fully saturated rings. The van der Waals surface area contributed by atoms with Gasteiger partial charge in [0.25, 0.3) is 0 Å². The molecule has 0 spiro atoms. The SMILES string of the molecule is C=C(NCCC1(O)CCCC1)c1cc(CCOC)n2cccc(Cl)c12. The van der Waals surface area contributed by atoms with E-state index in [4.69, 9.17) is 16.3 Å². The number of hydrogen-bond donors (Lipinski definition) is 2. The lowest BCUT2D eigenvalue weighted by Crippen LogP contribution is -2.29. The summed E-state index contributed by atoms with van der Waals surface area (Å²) in [6.07, 6.45) is 7.64. The maximum atomic E-state index is 10.5. The molecule has 2 heterocycles. The van der Waals surface area contributed by atoms with E-state index in [1.54, 1.807) is 7.11 Å². The zero-order chi connectivity index (χ0) is 17.9. The van der Waals surface area contributed by atoms with E-state index in [0.29, 0.717) is 18.2 Å². The van der Waals surface area contributed by atoms with Crippen LogP contribution in [0.4, 0.5) is 0 Å². The number of methoxy groups -OCH3 is 1. The van der Waals surface area contributed by atoms with E-state index in [9.17, 15) is 5.11 Å². The van der Waals surface area contributed by atoms with Gasteiger partial charge in [0, 0.05) is 43.2 Å². The van der Waals surface area contributed by atoms with Crippen LogP contribution in [0.2, 0.25) is 5.02 Å². The van der Waals surface area contributed by atoms with E-state index >= 15 is 0 Å². The molecule has 0 atom stereocenters. The molecule has 4 nitrogen and oxygen atoms in total. The third kappa shape index (κ3) is 4.02. The third-order valence-electron chi connectivity index (χ3n) is 5.17. The molecule has 1 aliphatic rings. The molecule has 2 aromatic rings. The number of rotatable bonds is 8. The van der Waals surface area contributed by atoms with E-state index in [2.05, 4.69) is 22.4 Å². The Morgan fingerprint density at radius 2 is 2.20 bits per heavy atom. The van der Waals surface area contributed by atoms with Crippen molar-refractivity contribution in [3.8, 4) is 0 Å². The maximum Gasteiger partial charge on any atom is 0.0733 e. The lowest BCUT2D eigenvalue weighted by molar-refractivity contribution is 0.0401. The molecule has 2 aromatic heterocycles. The lowest BCUT2D eigenvalue weighted by atomic mass is 9.98. The largest absolute Gasteiger partial charge is 0.390 e. The van der Waals surface area contributed by atoms with Crippen LogP contribution in [0.15, 0.2) is 31.0 Å². The number of aliphatic hydroxyl groups is 1. The number of nitrogens with zero attached hydrogens (tertiary/aromatic N) is 1. The molecule has 25 heavy (non-hydrogen) atoms. The molecule has 136 valence electrons. The highest BCUT2D eigenvalue weighted by Crippen LogP contribution is 2.32. The van der Waals surface area contributed by atoms with Crippen molar-refractivity contribution in [2.24, 2.45) is 0 Å². The summed E-state index contributed by atoms with van der Waals surface area (Å²) in [7, 11) is 1.71. The average Bonchev–Trinajstić information content (AvgIpc) is 3.18. The number of fused-ring (bicyclic) bond motifs is 1. The molecule has 1 saturated carbocycles. The Hall–Kier alpha value is -1.49. The van der Waals surface area contributed by atoms with Crippen LogP contribution in [0, 0.1) is 0 Å². The predicted octanol–water partition coefficient (Wildman–Crippen LogP) is 4.04. The van der Waals surface area contributed by atoms with Crippen LogP contribution in [0.25, 0.3) is 11.2 Å². The van der Waals surface area contributed by atoms with Gasteiger partial charge in [0.15, 0.2) is 0 Å². The molecule has 0 aliphatic heterocycles. The van der Waals surface area contributed by atoms with Crippen LogP contribution in [-0.4, -0.2) is 35.4 Å². The minimum Gasteiger partial charge on any atom is -0.390 e. The van der Waals surface area contributed by atoms with Crippen molar-refractivity contribution in [3.63, 3.8) is 0 Å². The van der Waals surface area contributed by atoms with Gasteiger partial charge in [0.1, 0.15) is 0 Å². The second-order valence-corrected chi connectivity index (χ2v) is 7.36. The topological polar surface area (TPSA) is 45.9 Å². The summed E-state index contributed by atoms with van der Waals surface area (Å²) in [6, 6.07) is 5.97. The van der Waals surface area contributed by atoms with Gasteiger partial charge in [-0.15, -0.1) is 0 Å². The summed E-state index contributed by atoms with van der Waals surface area (Å²) >= 11 is 6.45. The standard InChI is InChI=1S/C20H27ClN2O2/c1-15(22-11-10-20(24)8-3-4-9-20)17-14-16(7-13-25-2)23-12-5-6-18(21)19(17)23/h5-6,12,14,22,24H,1,3-4,7-11,13H2,2H3. The molecule has 0 saturated heterocycles. The number of halogens is 1. The van der Waals surface area contributed by atoms with E-state index < -0.39 is 5.60 Å². The Labute approximate surface area is 154 Å². The lowest BCUT2D eigenvalue weighted by Gasteiger charge is -2.22. The smallest absolute Gasteiger partial charge is 0.0733 e. The Bertz CT molecular complexity index is 747. The highest BCUT2D eigenvalue weighted by atomic mass is 35.5. The Balaban J connectivity index is 1.76. The van der Waals surface area contributed by atoms with Crippen LogP contribution in [-0.2, 0) is 11.2 Å². The van der Waals surface area contributed by atoms with Crippen LogP contribution in [0.5, 0.6) is 0 Å². The first-order chi connectivity index (χ1) is 12.0. The number of hydrogen-bond acceptors (Lipinski definition) is 3. The van der Waals surface area contributed by atoms with Crippen LogP contribution >= 0.6 is 11.6 Å². The average molecular weight is 363 g/mol. The van der Waals surface area contributed by atoms with Gasteiger partial charge in [-0.3, -0.25) is 0 Å². The number of aromatic nitrogens is 1. The van der Waals surface area contributed by atoms with Crippen LogP contribution in [0.1, 0.15) is 43.4 Å². The fourth-order valence-electron chi connectivity index (χ4n) is 3.74. The van der Waals surface area contributed by atoms with Gasteiger partial charge in [-0.2, -0.15) is 0 Å². The summed E-state index contributed by atoms with van der Waals surface area (Å²) < 4.78 is 7.32. The Morgan fingerprint density at radius 3 is 2.92 bits per heavy atom. The molecule has 0 radical (unpaired) electrons. The fourth-order valence-corrected chi connectivity index (χ4v) is 4.00. The Morgan fingerprint density at radius 1 is 1.44 bits per heavy atom. The normalized spacial score (nSPS) is 16.4. The highest BCUT2D eigenvalue weighted by Gasteiger charge is 2.30. The number of ether oxygens (including phenoxy) is 1. The number of nitrogens with one attached hydrogen (secondary N) is 1. The second-order valence-electron chi connectivity index (χ2n) is 6.95. The van der Waals surface area contributed by atoms with Gasteiger partial charge >= 0.3 is 0 Å². The fraction of sp³-hybridized carbons (Fsp3) is 0.500. The van der Waals surface area contributed by atoms with Gasteiger partial charge < -0.3 is 19.6 Å². The summed E-state index contributed by atoms with van der Waals surface area (Å²) in [4.78, 5) is 0.